The number of alkyl halides is 3. The van der Waals surface area contributed by atoms with E-state index in [0.29, 0.717) is 5.92 Å². The molecule has 0 radical (unpaired) electrons. The number of nitrogens with two attached hydrogens (primary N) is 1. The zero-order valence-corrected chi connectivity index (χ0v) is 7.12. The van der Waals surface area contributed by atoms with E-state index in [1.807, 2.05) is 6.92 Å². The zero-order valence-electron chi connectivity index (χ0n) is 7.12. The van der Waals surface area contributed by atoms with Crippen LogP contribution >= 0.6 is 0 Å². The molecule has 0 saturated heterocycles. The lowest BCUT2D eigenvalue weighted by Gasteiger charge is -2.43. The standard InChI is InChI=1S/C8H14F3N/c1-6-4-7(12,5-6)2-3-8(9,10)11/h6H,2-5,12H2,1H3. The number of rotatable bonds is 2. The summed E-state index contributed by atoms with van der Waals surface area (Å²) in [7, 11) is 0. The lowest BCUT2D eigenvalue weighted by atomic mass is 9.67. The first-order valence-electron chi connectivity index (χ1n) is 4.16. The maximum Gasteiger partial charge on any atom is 0.389 e. The van der Waals surface area contributed by atoms with Crippen LogP contribution in [0.2, 0.25) is 0 Å². The van der Waals surface area contributed by atoms with Crippen LogP contribution in [0.1, 0.15) is 32.6 Å². The third-order valence-corrected chi connectivity index (χ3v) is 2.42. The van der Waals surface area contributed by atoms with Crippen LogP contribution in [0.5, 0.6) is 0 Å². The maximum absolute atomic E-state index is 11.8. The van der Waals surface area contributed by atoms with Crippen molar-refractivity contribution in [1.82, 2.24) is 0 Å². The predicted molar refractivity (Wildman–Crippen MR) is 40.6 cm³/mol. The van der Waals surface area contributed by atoms with Crippen LogP contribution in [-0.4, -0.2) is 11.7 Å². The van der Waals surface area contributed by atoms with Crippen LogP contribution < -0.4 is 5.73 Å². The van der Waals surface area contributed by atoms with Gasteiger partial charge in [-0.2, -0.15) is 13.2 Å². The molecule has 0 aromatic heterocycles. The molecule has 0 aromatic carbocycles. The van der Waals surface area contributed by atoms with Crippen LogP contribution in [-0.2, 0) is 0 Å². The van der Waals surface area contributed by atoms with E-state index in [2.05, 4.69) is 0 Å². The first-order valence-corrected chi connectivity index (χ1v) is 4.16. The third kappa shape index (κ3) is 2.66. The molecule has 4 heteroatoms. The van der Waals surface area contributed by atoms with Gasteiger partial charge >= 0.3 is 6.18 Å². The second-order valence-corrected chi connectivity index (χ2v) is 3.99. The van der Waals surface area contributed by atoms with Gasteiger partial charge in [-0.3, -0.25) is 0 Å². The van der Waals surface area contributed by atoms with E-state index in [4.69, 9.17) is 5.73 Å². The summed E-state index contributed by atoms with van der Waals surface area (Å²) in [6.07, 6.45) is -3.23. The van der Waals surface area contributed by atoms with Crippen molar-refractivity contribution in [2.24, 2.45) is 11.7 Å². The summed E-state index contributed by atoms with van der Waals surface area (Å²) in [5.41, 5.74) is 5.18. The molecule has 1 rings (SSSR count). The lowest BCUT2D eigenvalue weighted by molar-refractivity contribution is -0.140. The Labute approximate surface area is 70.1 Å². The van der Waals surface area contributed by atoms with Crippen LogP contribution in [0.25, 0.3) is 0 Å². The van der Waals surface area contributed by atoms with Gasteiger partial charge in [0, 0.05) is 12.0 Å². The van der Waals surface area contributed by atoms with Crippen molar-refractivity contribution in [2.45, 2.75) is 44.3 Å². The molecule has 72 valence electrons. The average Bonchev–Trinajstić information content (AvgIpc) is 1.79. The van der Waals surface area contributed by atoms with E-state index in [1.54, 1.807) is 0 Å². The average molecular weight is 181 g/mol. The quantitative estimate of drug-likeness (QED) is 0.695. The van der Waals surface area contributed by atoms with Crippen LogP contribution in [0.15, 0.2) is 0 Å². The van der Waals surface area contributed by atoms with Crippen molar-refractivity contribution in [2.75, 3.05) is 0 Å². The van der Waals surface area contributed by atoms with E-state index < -0.39 is 18.1 Å². The van der Waals surface area contributed by atoms with Gasteiger partial charge in [-0.15, -0.1) is 0 Å². The highest BCUT2D eigenvalue weighted by Crippen LogP contribution is 2.40. The maximum atomic E-state index is 11.8. The lowest BCUT2D eigenvalue weighted by Crippen LogP contribution is -2.51. The first kappa shape index (κ1) is 9.84. The van der Waals surface area contributed by atoms with Crippen molar-refractivity contribution < 1.29 is 13.2 Å². The van der Waals surface area contributed by atoms with E-state index in [9.17, 15) is 13.2 Å². The summed E-state index contributed by atoms with van der Waals surface area (Å²) in [6.45, 7) is 2.01. The minimum absolute atomic E-state index is 0.0842. The largest absolute Gasteiger partial charge is 0.389 e. The molecule has 2 N–H and O–H groups in total. The zero-order chi connectivity index (χ0) is 9.41. The fourth-order valence-electron chi connectivity index (χ4n) is 1.92. The monoisotopic (exact) mass is 181 g/mol. The Morgan fingerprint density at radius 2 is 1.92 bits per heavy atom. The molecule has 1 fully saturated rings. The van der Waals surface area contributed by atoms with Gasteiger partial charge in [0.2, 0.25) is 0 Å². The Morgan fingerprint density at radius 3 is 2.25 bits per heavy atom. The molecule has 0 heterocycles. The smallest absolute Gasteiger partial charge is 0.325 e. The Morgan fingerprint density at radius 1 is 1.42 bits per heavy atom. The molecule has 0 bridgehead atoms. The topological polar surface area (TPSA) is 26.0 Å². The normalized spacial score (nSPS) is 36.2. The van der Waals surface area contributed by atoms with Gasteiger partial charge in [-0.05, 0) is 25.2 Å². The Bertz CT molecular complexity index is 158. The summed E-state index contributed by atoms with van der Waals surface area (Å²) in [4.78, 5) is 0. The summed E-state index contributed by atoms with van der Waals surface area (Å²) in [5, 5.41) is 0. The van der Waals surface area contributed by atoms with Crippen molar-refractivity contribution in [3.05, 3.63) is 0 Å². The minimum atomic E-state index is -4.05. The number of hydrogen-bond acceptors (Lipinski definition) is 1. The van der Waals surface area contributed by atoms with Gasteiger partial charge in [0.15, 0.2) is 0 Å². The molecule has 0 unspecified atom stereocenters. The number of hydrogen-bond donors (Lipinski definition) is 1. The van der Waals surface area contributed by atoms with E-state index in [-0.39, 0.29) is 6.42 Å². The molecule has 1 aliphatic carbocycles. The van der Waals surface area contributed by atoms with Gasteiger partial charge in [0.25, 0.3) is 0 Å². The highest BCUT2D eigenvalue weighted by atomic mass is 19.4. The third-order valence-electron chi connectivity index (χ3n) is 2.42. The molecular formula is C8H14F3N. The van der Waals surface area contributed by atoms with E-state index >= 15 is 0 Å². The SMILES string of the molecule is CC1CC(N)(CCC(F)(F)F)C1. The summed E-state index contributed by atoms with van der Waals surface area (Å²) in [6, 6.07) is 0. The van der Waals surface area contributed by atoms with Crippen LogP contribution in [0, 0.1) is 5.92 Å². The first-order chi connectivity index (χ1) is 5.31. The summed E-state index contributed by atoms with van der Waals surface area (Å²) < 4.78 is 35.4. The Balaban J connectivity index is 2.24. The minimum Gasteiger partial charge on any atom is -0.325 e. The predicted octanol–water partition coefficient (Wildman–Crippen LogP) is 2.46. The van der Waals surface area contributed by atoms with Crippen molar-refractivity contribution >= 4 is 0 Å². The molecule has 0 aliphatic heterocycles. The Kier molecular flexibility index (Phi) is 2.38. The van der Waals surface area contributed by atoms with Gasteiger partial charge in [-0.25, -0.2) is 0 Å². The van der Waals surface area contributed by atoms with Gasteiger partial charge < -0.3 is 5.73 Å². The molecule has 0 amide bonds. The van der Waals surface area contributed by atoms with Gasteiger partial charge in [0.05, 0.1) is 0 Å². The molecule has 0 aromatic rings. The highest BCUT2D eigenvalue weighted by molar-refractivity contribution is 4.96. The van der Waals surface area contributed by atoms with Gasteiger partial charge in [0.1, 0.15) is 0 Å². The van der Waals surface area contributed by atoms with Crippen molar-refractivity contribution in [1.29, 1.82) is 0 Å². The van der Waals surface area contributed by atoms with Crippen molar-refractivity contribution in [3.63, 3.8) is 0 Å². The van der Waals surface area contributed by atoms with E-state index in [1.165, 1.54) is 0 Å². The second kappa shape index (κ2) is 2.91. The molecule has 1 saturated carbocycles. The van der Waals surface area contributed by atoms with Gasteiger partial charge in [-0.1, -0.05) is 6.92 Å². The molecule has 0 atom stereocenters. The fraction of sp³-hybridized carbons (Fsp3) is 1.00. The van der Waals surface area contributed by atoms with Crippen LogP contribution in [0.4, 0.5) is 13.2 Å². The number of halogens is 3. The van der Waals surface area contributed by atoms with E-state index in [0.717, 1.165) is 12.8 Å². The molecular weight excluding hydrogens is 167 g/mol. The van der Waals surface area contributed by atoms with Crippen molar-refractivity contribution in [3.8, 4) is 0 Å². The molecule has 12 heavy (non-hydrogen) atoms. The molecule has 1 aliphatic rings. The molecule has 0 spiro atoms. The fourth-order valence-corrected chi connectivity index (χ4v) is 1.92. The van der Waals surface area contributed by atoms with Crippen LogP contribution in [0.3, 0.4) is 0 Å². The molecule has 1 nitrogen and oxygen atoms in total. The highest BCUT2D eigenvalue weighted by Gasteiger charge is 2.41. The second-order valence-electron chi connectivity index (χ2n) is 3.99. The summed E-state index contributed by atoms with van der Waals surface area (Å²) in [5.74, 6) is 0.503. The Hall–Kier alpha value is -0.250. The summed E-state index contributed by atoms with van der Waals surface area (Å²) >= 11 is 0.